The molecular weight excluding hydrogens is 356 g/mol. The predicted molar refractivity (Wildman–Crippen MR) is 103 cm³/mol. The number of rotatable bonds is 5. The molecule has 5 rings (SSSR count). The highest BCUT2D eigenvalue weighted by Crippen LogP contribution is 2.34. The lowest BCUT2D eigenvalue weighted by molar-refractivity contribution is -0.118. The Morgan fingerprint density at radius 1 is 1.18 bits per heavy atom. The second-order valence-electron chi connectivity index (χ2n) is 8.47. The van der Waals surface area contributed by atoms with E-state index in [0.717, 1.165) is 23.6 Å². The number of carbonyl (C=O) groups excluding carboxylic acids is 1. The molecule has 2 aliphatic carbocycles. The van der Waals surface area contributed by atoms with Crippen molar-refractivity contribution in [1.29, 1.82) is 0 Å². The molecule has 0 aromatic carbocycles. The van der Waals surface area contributed by atoms with Gasteiger partial charge in [0, 0.05) is 11.8 Å². The number of amides is 1. The summed E-state index contributed by atoms with van der Waals surface area (Å²) >= 11 is 0. The highest BCUT2D eigenvalue weighted by Gasteiger charge is 2.49. The van der Waals surface area contributed by atoms with Crippen molar-refractivity contribution in [3.8, 4) is 0 Å². The molecule has 3 fully saturated rings. The van der Waals surface area contributed by atoms with E-state index in [-0.39, 0.29) is 30.2 Å². The monoisotopic (exact) mass is 384 g/mol. The van der Waals surface area contributed by atoms with Gasteiger partial charge in [0.2, 0.25) is 5.91 Å². The van der Waals surface area contributed by atoms with Gasteiger partial charge in [-0.05, 0) is 18.8 Å². The molecule has 0 bridgehead atoms. The highest BCUT2D eigenvalue weighted by atomic mass is 16.6. The summed E-state index contributed by atoms with van der Waals surface area (Å²) in [4.78, 5) is 12.4. The highest BCUT2D eigenvalue weighted by molar-refractivity contribution is 5.94. The number of nitrogens with one attached hydrogen (secondary N) is 1. The van der Waals surface area contributed by atoms with Crippen LogP contribution in [0.25, 0.3) is 0 Å². The van der Waals surface area contributed by atoms with Crippen LogP contribution >= 0.6 is 0 Å². The Morgan fingerprint density at radius 2 is 2.04 bits per heavy atom. The molecule has 7 nitrogen and oxygen atoms in total. The topological polar surface area (TPSA) is 78.3 Å². The zero-order chi connectivity index (χ0) is 18.9. The Balaban J connectivity index is 1.20. The van der Waals surface area contributed by atoms with E-state index in [0.29, 0.717) is 19.6 Å². The van der Waals surface area contributed by atoms with Crippen molar-refractivity contribution >= 4 is 5.91 Å². The molecule has 7 heteroatoms. The van der Waals surface area contributed by atoms with Crippen molar-refractivity contribution in [1.82, 2.24) is 20.3 Å². The minimum Gasteiger partial charge on any atom is -0.371 e. The van der Waals surface area contributed by atoms with Crippen LogP contribution in [0, 0.1) is 5.92 Å². The number of hydrogen-bond donors (Lipinski definition) is 1. The van der Waals surface area contributed by atoms with Gasteiger partial charge in [-0.2, -0.15) is 0 Å². The standard InChI is InChI=1S/C21H28N4O3/c26-21(15-8-4-5-9-15)22-17-12-27-20-18(13-28-19(17)20)25-11-16(23-24-25)10-14-6-2-1-3-7-14/h4-5,8,11,14,17-20H,1-3,6-7,9-10,12-13H2,(H,22,26)/t17-,18-,19+,20+/m0/s1. The van der Waals surface area contributed by atoms with Crippen molar-refractivity contribution < 1.29 is 14.3 Å². The van der Waals surface area contributed by atoms with Crippen LogP contribution in [-0.4, -0.2) is 52.4 Å². The normalized spacial score (nSPS) is 32.5. The van der Waals surface area contributed by atoms with E-state index in [1.165, 1.54) is 32.1 Å². The lowest BCUT2D eigenvalue weighted by Crippen LogP contribution is -2.44. The van der Waals surface area contributed by atoms with Crippen LogP contribution in [0.1, 0.15) is 50.3 Å². The lowest BCUT2D eigenvalue weighted by Gasteiger charge is -2.20. The van der Waals surface area contributed by atoms with Gasteiger partial charge in [-0.15, -0.1) is 5.10 Å². The van der Waals surface area contributed by atoms with Gasteiger partial charge < -0.3 is 14.8 Å². The van der Waals surface area contributed by atoms with Crippen LogP contribution in [0.2, 0.25) is 0 Å². The molecule has 3 heterocycles. The summed E-state index contributed by atoms with van der Waals surface area (Å²) in [5.41, 5.74) is 1.86. The van der Waals surface area contributed by atoms with Crippen molar-refractivity contribution in [3.63, 3.8) is 0 Å². The maximum atomic E-state index is 12.4. The SMILES string of the molecule is O=C(N[C@H]1CO[C@H]2[C@@H]1OC[C@@H]2n1cc(CC2CCCCC2)nn1)C1=CC=CC1. The first-order valence-corrected chi connectivity index (χ1v) is 10.6. The van der Waals surface area contributed by atoms with E-state index in [1.54, 1.807) is 0 Å². The molecule has 2 aliphatic heterocycles. The fourth-order valence-electron chi connectivity index (χ4n) is 4.96. The summed E-state index contributed by atoms with van der Waals surface area (Å²) in [6.07, 6.45) is 16.0. The summed E-state index contributed by atoms with van der Waals surface area (Å²) in [6, 6.07) is -0.0962. The van der Waals surface area contributed by atoms with E-state index in [2.05, 4.69) is 21.8 Å². The van der Waals surface area contributed by atoms with Crippen LogP contribution in [0.5, 0.6) is 0 Å². The van der Waals surface area contributed by atoms with E-state index in [1.807, 2.05) is 22.9 Å². The second-order valence-corrected chi connectivity index (χ2v) is 8.47. The third-order valence-electron chi connectivity index (χ3n) is 6.53. The third-order valence-corrected chi connectivity index (χ3v) is 6.53. The van der Waals surface area contributed by atoms with Crippen LogP contribution in [0.3, 0.4) is 0 Å². The molecule has 0 spiro atoms. The molecule has 1 saturated carbocycles. The maximum Gasteiger partial charge on any atom is 0.247 e. The average molecular weight is 384 g/mol. The first kappa shape index (κ1) is 18.1. The number of fused-ring (bicyclic) bond motifs is 1. The Morgan fingerprint density at radius 3 is 2.86 bits per heavy atom. The fourth-order valence-corrected chi connectivity index (χ4v) is 4.96. The van der Waals surface area contributed by atoms with Crippen LogP contribution in [-0.2, 0) is 20.7 Å². The summed E-state index contributed by atoms with van der Waals surface area (Å²) in [6.45, 7) is 1.01. The van der Waals surface area contributed by atoms with Crippen molar-refractivity contribution in [2.45, 2.75) is 69.2 Å². The van der Waals surface area contributed by atoms with Crippen molar-refractivity contribution in [3.05, 3.63) is 35.7 Å². The molecule has 150 valence electrons. The largest absolute Gasteiger partial charge is 0.371 e. The number of carbonyl (C=O) groups is 1. The van der Waals surface area contributed by atoms with Gasteiger partial charge in [0.1, 0.15) is 18.2 Å². The Kier molecular flexibility index (Phi) is 5.03. The van der Waals surface area contributed by atoms with Crippen molar-refractivity contribution in [2.24, 2.45) is 5.92 Å². The number of aromatic nitrogens is 3. The molecule has 4 aliphatic rings. The van der Waals surface area contributed by atoms with Gasteiger partial charge in [-0.25, -0.2) is 4.68 Å². The van der Waals surface area contributed by atoms with E-state index >= 15 is 0 Å². The molecule has 1 aromatic heterocycles. The number of nitrogens with zero attached hydrogens (tertiary/aromatic N) is 3. The fraction of sp³-hybridized carbons (Fsp3) is 0.667. The number of allylic oxidation sites excluding steroid dienone is 3. The van der Waals surface area contributed by atoms with Gasteiger partial charge in [0.15, 0.2) is 0 Å². The third kappa shape index (κ3) is 3.53. The van der Waals surface area contributed by atoms with Gasteiger partial charge >= 0.3 is 0 Å². The minimum atomic E-state index is -0.130. The zero-order valence-corrected chi connectivity index (χ0v) is 16.1. The summed E-state index contributed by atoms with van der Waals surface area (Å²) in [5.74, 6) is 0.718. The first-order valence-electron chi connectivity index (χ1n) is 10.6. The molecule has 28 heavy (non-hydrogen) atoms. The zero-order valence-electron chi connectivity index (χ0n) is 16.1. The minimum absolute atomic E-state index is 0.0203. The van der Waals surface area contributed by atoms with Crippen molar-refractivity contribution in [2.75, 3.05) is 13.2 Å². The summed E-state index contributed by atoms with van der Waals surface area (Å²) in [7, 11) is 0. The molecule has 1 N–H and O–H groups in total. The Hall–Kier alpha value is -1.99. The van der Waals surface area contributed by atoms with Crippen LogP contribution < -0.4 is 5.32 Å². The average Bonchev–Trinajstić information content (AvgIpc) is 3.49. The molecule has 1 aromatic rings. The molecule has 2 saturated heterocycles. The van der Waals surface area contributed by atoms with Gasteiger partial charge in [-0.3, -0.25) is 4.79 Å². The first-order chi connectivity index (χ1) is 13.8. The predicted octanol–water partition coefficient (Wildman–Crippen LogP) is 2.11. The summed E-state index contributed by atoms with van der Waals surface area (Å²) < 4.78 is 13.9. The van der Waals surface area contributed by atoms with Gasteiger partial charge in [-0.1, -0.05) is 55.5 Å². The molecular formula is C21H28N4O3. The summed E-state index contributed by atoms with van der Waals surface area (Å²) in [5, 5.41) is 11.9. The van der Waals surface area contributed by atoms with E-state index < -0.39 is 0 Å². The number of ether oxygens (including phenoxy) is 2. The Labute approximate surface area is 165 Å². The lowest BCUT2D eigenvalue weighted by atomic mass is 9.86. The van der Waals surface area contributed by atoms with Gasteiger partial charge in [0.05, 0.1) is 24.9 Å². The molecule has 1 amide bonds. The van der Waals surface area contributed by atoms with Crippen LogP contribution in [0.15, 0.2) is 30.0 Å². The smallest absolute Gasteiger partial charge is 0.247 e. The maximum absolute atomic E-state index is 12.4. The van der Waals surface area contributed by atoms with E-state index in [9.17, 15) is 4.79 Å². The van der Waals surface area contributed by atoms with Gasteiger partial charge in [0.25, 0.3) is 0 Å². The number of hydrogen-bond acceptors (Lipinski definition) is 5. The van der Waals surface area contributed by atoms with E-state index in [4.69, 9.17) is 9.47 Å². The van der Waals surface area contributed by atoms with Crippen LogP contribution in [0.4, 0.5) is 0 Å². The molecule has 0 radical (unpaired) electrons. The molecule has 0 unspecified atom stereocenters. The Bertz CT molecular complexity index is 780. The quantitative estimate of drug-likeness (QED) is 0.841. The molecule has 4 atom stereocenters. The second kappa shape index (κ2) is 7.79.